The van der Waals surface area contributed by atoms with E-state index in [0.29, 0.717) is 41.7 Å². The van der Waals surface area contributed by atoms with Crippen molar-refractivity contribution in [2.24, 2.45) is 0 Å². The van der Waals surface area contributed by atoms with Gasteiger partial charge < -0.3 is 9.42 Å². The van der Waals surface area contributed by atoms with E-state index in [2.05, 4.69) is 32.0 Å². The molecule has 9 nitrogen and oxygen atoms in total. The average molecular weight is 446 g/mol. The van der Waals surface area contributed by atoms with Gasteiger partial charge in [-0.05, 0) is 32.9 Å². The largest absolute Gasteiger partial charge is 0.339 e. The van der Waals surface area contributed by atoms with Crippen LogP contribution in [0.15, 0.2) is 47.2 Å². The van der Waals surface area contributed by atoms with Gasteiger partial charge in [-0.3, -0.25) is 9.69 Å². The molecule has 0 aliphatic carbocycles. The normalized spacial score (nSPS) is 14.8. The molecule has 1 fully saturated rings. The van der Waals surface area contributed by atoms with Gasteiger partial charge in [0.1, 0.15) is 5.56 Å². The van der Waals surface area contributed by atoms with Crippen LogP contribution in [-0.4, -0.2) is 73.2 Å². The number of nitrogens with zero attached hydrogens (tertiary/aromatic N) is 7. The molecule has 9 heteroatoms. The van der Waals surface area contributed by atoms with Crippen molar-refractivity contribution in [3.63, 3.8) is 0 Å². The monoisotopic (exact) mass is 445 g/mol. The van der Waals surface area contributed by atoms with Crippen LogP contribution in [0, 0.1) is 13.8 Å². The highest BCUT2D eigenvalue weighted by Crippen LogP contribution is 2.18. The van der Waals surface area contributed by atoms with Crippen molar-refractivity contribution in [1.82, 2.24) is 34.5 Å². The molecule has 4 aromatic rings. The predicted molar refractivity (Wildman–Crippen MR) is 123 cm³/mol. The van der Waals surface area contributed by atoms with Crippen LogP contribution >= 0.6 is 0 Å². The molecule has 0 saturated carbocycles. The van der Waals surface area contributed by atoms with E-state index < -0.39 is 0 Å². The Morgan fingerprint density at radius 2 is 1.88 bits per heavy atom. The van der Waals surface area contributed by atoms with E-state index >= 15 is 0 Å². The lowest BCUT2D eigenvalue weighted by molar-refractivity contribution is 0.0636. The van der Waals surface area contributed by atoms with Gasteiger partial charge in [-0.1, -0.05) is 35.0 Å². The Morgan fingerprint density at radius 3 is 2.67 bits per heavy atom. The lowest BCUT2D eigenvalue weighted by atomic mass is 10.1. The van der Waals surface area contributed by atoms with E-state index in [0.717, 1.165) is 38.0 Å². The van der Waals surface area contributed by atoms with Crippen molar-refractivity contribution >= 4 is 11.6 Å². The maximum Gasteiger partial charge on any atom is 0.259 e. The van der Waals surface area contributed by atoms with Gasteiger partial charge in [0.05, 0.1) is 5.69 Å². The predicted octanol–water partition coefficient (Wildman–Crippen LogP) is 2.79. The summed E-state index contributed by atoms with van der Waals surface area (Å²) in [5, 5.41) is 8.52. The zero-order valence-electron chi connectivity index (χ0n) is 18.9. The van der Waals surface area contributed by atoms with Crippen molar-refractivity contribution in [3.8, 4) is 11.4 Å². The fourth-order valence-electron chi connectivity index (χ4n) is 4.21. The number of piperazine rings is 1. The van der Waals surface area contributed by atoms with Gasteiger partial charge in [-0.15, -0.1) is 0 Å². The third-order valence-corrected chi connectivity index (χ3v) is 6.09. The molecule has 0 spiro atoms. The number of benzene rings is 1. The molecule has 0 bridgehead atoms. The number of aromatic nitrogens is 5. The van der Waals surface area contributed by atoms with Crippen LogP contribution in [0.5, 0.6) is 0 Å². The zero-order valence-corrected chi connectivity index (χ0v) is 18.9. The Kier molecular flexibility index (Phi) is 5.87. The lowest BCUT2D eigenvalue weighted by Gasteiger charge is -2.34. The maximum absolute atomic E-state index is 13.1. The van der Waals surface area contributed by atoms with E-state index in [9.17, 15) is 4.79 Å². The minimum absolute atomic E-state index is 0.00958. The summed E-state index contributed by atoms with van der Waals surface area (Å²) in [5.41, 5.74) is 4.10. The molecule has 0 radical (unpaired) electrons. The molecule has 1 aromatic carbocycles. The molecule has 3 aromatic heterocycles. The first-order valence-corrected chi connectivity index (χ1v) is 11.3. The molecule has 0 atom stereocenters. The molecule has 1 aliphatic rings. The van der Waals surface area contributed by atoms with Gasteiger partial charge in [-0.2, -0.15) is 10.1 Å². The second-order valence-corrected chi connectivity index (χ2v) is 8.46. The fourth-order valence-corrected chi connectivity index (χ4v) is 4.21. The highest BCUT2D eigenvalue weighted by atomic mass is 16.5. The third kappa shape index (κ3) is 4.49. The number of carbonyl (C=O) groups excluding carboxylic acids is 1. The Balaban J connectivity index is 1.11. The van der Waals surface area contributed by atoms with Gasteiger partial charge in [-0.25, -0.2) is 9.50 Å². The zero-order chi connectivity index (χ0) is 22.8. The molecular formula is C24H27N7O2. The highest BCUT2D eigenvalue weighted by Gasteiger charge is 2.26. The molecule has 0 unspecified atom stereocenters. The van der Waals surface area contributed by atoms with E-state index in [1.165, 1.54) is 5.56 Å². The van der Waals surface area contributed by atoms with Gasteiger partial charge in [0.2, 0.25) is 11.7 Å². The summed E-state index contributed by atoms with van der Waals surface area (Å²) >= 11 is 0. The van der Waals surface area contributed by atoms with E-state index in [4.69, 9.17) is 4.52 Å². The van der Waals surface area contributed by atoms with Crippen molar-refractivity contribution in [3.05, 3.63) is 65.4 Å². The molecule has 1 saturated heterocycles. The highest BCUT2D eigenvalue weighted by molar-refractivity contribution is 6.01. The topological polar surface area (TPSA) is 92.7 Å². The number of aryl methyl sites for hydroxylation is 3. The average Bonchev–Trinajstić information content (AvgIpc) is 3.43. The van der Waals surface area contributed by atoms with Crippen LogP contribution in [0.4, 0.5) is 0 Å². The SMILES string of the molecule is Cc1ccc(-c2noc(CCCN3CCN(C(=O)c4c(C)nn5cccnc45)CC3)n2)cc1. The summed E-state index contributed by atoms with van der Waals surface area (Å²) in [6.45, 7) is 7.92. The number of rotatable bonds is 6. The first-order chi connectivity index (χ1) is 16.1. The minimum Gasteiger partial charge on any atom is -0.339 e. The van der Waals surface area contributed by atoms with E-state index in [1.807, 2.05) is 48.4 Å². The standard InChI is InChI=1S/C24H27N7O2/c1-17-6-8-19(9-7-17)22-26-20(33-28-22)5-3-11-29-13-15-30(16-14-29)24(32)21-18(2)27-31-12-4-10-25-23(21)31/h4,6-10,12H,3,5,11,13-16H2,1-2H3. The molecule has 5 rings (SSSR count). The quantitative estimate of drug-likeness (QED) is 0.451. The number of hydrogen-bond donors (Lipinski definition) is 0. The lowest BCUT2D eigenvalue weighted by Crippen LogP contribution is -2.49. The first-order valence-electron chi connectivity index (χ1n) is 11.3. The number of amides is 1. The molecule has 1 aliphatic heterocycles. The molecular weight excluding hydrogens is 418 g/mol. The van der Waals surface area contributed by atoms with Crippen LogP contribution in [0.3, 0.4) is 0 Å². The minimum atomic E-state index is 0.00958. The Bertz CT molecular complexity index is 1250. The molecule has 170 valence electrons. The second kappa shape index (κ2) is 9.11. The van der Waals surface area contributed by atoms with Gasteiger partial charge in [0.25, 0.3) is 5.91 Å². The smallest absolute Gasteiger partial charge is 0.259 e. The van der Waals surface area contributed by atoms with E-state index in [-0.39, 0.29) is 5.91 Å². The number of fused-ring (bicyclic) bond motifs is 1. The number of carbonyl (C=O) groups is 1. The van der Waals surface area contributed by atoms with Crippen LogP contribution in [0.2, 0.25) is 0 Å². The summed E-state index contributed by atoms with van der Waals surface area (Å²) in [7, 11) is 0. The van der Waals surface area contributed by atoms with Crippen LogP contribution in [0.1, 0.15) is 33.9 Å². The molecule has 4 heterocycles. The Labute approximate surface area is 192 Å². The molecule has 1 amide bonds. The van der Waals surface area contributed by atoms with Crippen LogP contribution in [0.25, 0.3) is 17.0 Å². The van der Waals surface area contributed by atoms with Crippen LogP contribution < -0.4 is 0 Å². The first kappa shape index (κ1) is 21.3. The molecule has 33 heavy (non-hydrogen) atoms. The maximum atomic E-state index is 13.1. The van der Waals surface area contributed by atoms with Crippen LogP contribution in [-0.2, 0) is 6.42 Å². The summed E-state index contributed by atoms with van der Waals surface area (Å²) in [4.78, 5) is 26.3. The second-order valence-electron chi connectivity index (χ2n) is 8.46. The summed E-state index contributed by atoms with van der Waals surface area (Å²) in [5.74, 6) is 1.31. The van der Waals surface area contributed by atoms with Crippen molar-refractivity contribution in [2.45, 2.75) is 26.7 Å². The number of hydrogen-bond acceptors (Lipinski definition) is 7. The van der Waals surface area contributed by atoms with Crippen molar-refractivity contribution < 1.29 is 9.32 Å². The summed E-state index contributed by atoms with van der Waals surface area (Å²) in [6, 6.07) is 9.92. The van der Waals surface area contributed by atoms with Gasteiger partial charge in [0.15, 0.2) is 5.65 Å². The van der Waals surface area contributed by atoms with Crippen molar-refractivity contribution in [2.75, 3.05) is 32.7 Å². The fraction of sp³-hybridized carbons (Fsp3) is 0.375. The Morgan fingerprint density at radius 1 is 1.09 bits per heavy atom. The summed E-state index contributed by atoms with van der Waals surface area (Å²) in [6.07, 6.45) is 5.18. The molecule has 0 N–H and O–H groups in total. The van der Waals surface area contributed by atoms with Gasteiger partial charge >= 0.3 is 0 Å². The Hall–Kier alpha value is -3.59. The summed E-state index contributed by atoms with van der Waals surface area (Å²) < 4.78 is 7.10. The third-order valence-electron chi connectivity index (χ3n) is 6.09. The van der Waals surface area contributed by atoms with Gasteiger partial charge in [0, 0.05) is 50.6 Å². The van der Waals surface area contributed by atoms with Crippen molar-refractivity contribution in [1.29, 1.82) is 0 Å². The van der Waals surface area contributed by atoms with E-state index in [1.54, 1.807) is 10.7 Å².